The molecule has 9 nitrogen and oxygen atoms in total. The molecule has 0 aliphatic carbocycles. The Morgan fingerprint density at radius 2 is 1.83 bits per heavy atom. The maximum absolute atomic E-state index is 13.0. The monoisotopic (exact) mass is 483 g/mol. The van der Waals surface area contributed by atoms with Gasteiger partial charge in [-0.05, 0) is 29.7 Å². The van der Waals surface area contributed by atoms with Gasteiger partial charge in [-0.25, -0.2) is 0 Å². The highest BCUT2D eigenvalue weighted by Crippen LogP contribution is 2.33. The number of nitrogens with one attached hydrogen (secondary N) is 1. The van der Waals surface area contributed by atoms with Crippen molar-refractivity contribution in [2.45, 2.75) is 38.6 Å². The summed E-state index contributed by atoms with van der Waals surface area (Å²) < 4.78 is 11.2. The van der Waals surface area contributed by atoms with E-state index in [1.807, 2.05) is 12.1 Å². The Morgan fingerprint density at radius 1 is 1.06 bits per heavy atom. The van der Waals surface area contributed by atoms with Gasteiger partial charge in [-0.1, -0.05) is 29.1 Å². The van der Waals surface area contributed by atoms with E-state index in [0.717, 1.165) is 5.56 Å². The van der Waals surface area contributed by atoms with Gasteiger partial charge >= 0.3 is 0 Å². The molecular formula is C25H23B2N3O6. The van der Waals surface area contributed by atoms with Crippen LogP contribution in [0.3, 0.4) is 0 Å². The zero-order valence-electron chi connectivity index (χ0n) is 19.6. The van der Waals surface area contributed by atoms with Crippen LogP contribution in [-0.2, 0) is 38.8 Å². The minimum atomic E-state index is -0.697. The molecule has 2 aromatic carbocycles. The van der Waals surface area contributed by atoms with Crippen molar-refractivity contribution < 1.29 is 28.7 Å². The van der Waals surface area contributed by atoms with Crippen molar-refractivity contribution in [3.05, 3.63) is 52.6 Å². The molecule has 1 atom stereocenters. The molecule has 11 heteroatoms. The number of fused-ring (bicyclic) bond motifs is 1. The van der Waals surface area contributed by atoms with Crippen LogP contribution >= 0.6 is 0 Å². The van der Waals surface area contributed by atoms with Crippen LogP contribution in [0.15, 0.2) is 30.3 Å². The van der Waals surface area contributed by atoms with Gasteiger partial charge < -0.3 is 19.3 Å². The molecule has 3 heterocycles. The SMILES string of the molecule is [B]c1c(COc2cccc3c2CN(C2CCC(=O)NC2=O)C3=O)ccc(CN2CCOCC2=O)c1[B]. The third kappa shape index (κ3) is 4.51. The first-order valence-electron chi connectivity index (χ1n) is 11.7. The number of piperidine rings is 1. The van der Waals surface area contributed by atoms with Crippen molar-refractivity contribution in [1.82, 2.24) is 15.1 Å². The number of hydrogen-bond donors (Lipinski definition) is 1. The lowest BCUT2D eigenvalue weighted by molar-refractivity contribution is -0.143. The molecule has 0 spiro atoms. The van der Waals surface area contributed by atoms with Gasteiger partial charge in [-0.2, -0.15) is 0 Å². The Balaban J connectivity index is 1.29. The molecule has 2 aromatic rings. The fourth-order valence-corrected chi connectivity index (χ4v) is 4.76. The van der Waals surface area contributed by atoms with Crippen LogP contribution < -0.4 is 21.0 Å². The maximum Gasteiger partial charge on any atom is 0.255 e. The number of imide groups is 1. The van der Waals surface area contributed by atoms with E-state index < -0.39 is 11.9 Å². The molecule has 0 saturated carbocycles. The number of amides is 4. The molecule has 180 valence electrons. The van der Waals surface area contributed by atoms with E-state index in [9.17, 15) is 19.2 Å². The largest absolute Gasteiger partial charge is 0.489 e. The minimum Gasteiger partial charge on any atom is -0.489 e. The number of nitrogens with zero attached hydrogens (tertiary/aromatic N) is 2. The number of rotatable bonds is 6. The molecule has 3 aliphatic heterocycles. The van der Waals surface area contributed by atoms with Crippen LogP contribution in [-0.4, -0.2) is 74.9 Å². The molecule has 2 saturated heterocycles. The second kappa shape index (κ2) is 9.81. The summed E-state index contributed by atoms with van der Waals surface area (Å²) in [6, 6.07) is 8.13. The molecule has 1 unspecified atom stereocenters. The van der Waals surface area contributed by atoms with Crippen molar-refractivity contribution in [2.24, 2.45) is 0 Å². The fourth-order valence-electron chi connectivity index (χ4n) is 4.76. The highest BCUT2D eigenvalue weighted by atomic mass is 16.5. The maximum atomic E-state index is 13.0. The molecule has 2 fully saturated rings. The Hall–Kier alpha value is -3.59. The van der Waals surface area contributed by atoms with Crippen LogP contribution in [0.25, 0.3) is 0 Å². The topological polar surface area (TPSA) is 105 Å². The van der Waals surface area contributed by atoms with Crippen LogP contribution in [0.2, 0.25) is 0 Å². The van der Waals surface area contributed by atoms with Crippen LogP contribution in [0.1, 0.15) is 39.9 Å². The summed E-state index contributed by atoms with van der Waals surface area (Å²) in [5.41, 5.74) is 3.34. The Bertz CT molecular complexity index is 1270. The van der Waals surface area contributed by atoms with Crippen molar-refractivity contribution >= 4 is 50.2 Å². The number of carbonyl (C=O) groups excluding carboxylic acids is 4. The molecule has 4 radical (unpaired) electrons. The molecule has 5 rings (SSSR count). The summed E-state index contributed by atoms with van der Waals surface area (Å²) in [5, 5.41) is 2.30. The Labute approximate surface area is 210 Å². The molecule has 0 bridgehead atoms. The summed E-state index contributed by atoms with van der Waals surface area (Å²) >= 11 is 0. The smallest absolute Gasteiger partial charge is 0.255 e. The van der Waals surface area contributed by atoms with E-state index in [0.29, 0.717) is 59.5 Å². The lowest BCUT2D eigenvalue weighted by Crippen LogP contribution is -2.52. The molecular weight excluding hydrogens is 460 g/mol. The molecule has 1 N–H and O–H groups in total. The number of carbonyl (C=O) groups is 4. The van der Waals surface area contributed by atoms with Gasteiger partial charge in [-0.3, -0.25) is 24.5 Å². The van der Waals surface area contributed by atoms with E-state index in [2.05, 4.69) is 5.32 Å². The predicted octanol–water partition coefficient (Wildman–Crippen LogP) is -1.03. The highest BCUT2D eigenvalue weighted by Gasteiger charge is 2.40. The lowest BCUT2D eigenvalue weighted by atomic mass is 9.75. The van der Waals surface area contributed by atoms with Crippen molar-refractivity contribution in [3.63, 3.8) is 0 Å². The second-order valence-corrected chi connectivity index (χ2v) is 9.05. The van der Waals surface area contributed by atoms with E-state index in [1.165, 1.54) is 4.90 Å². The summed E-state index contributed by atoms with van der Waals surface area (Å²) in [5.74, 6) is -0.640. The first kappa shape index (κ1) is 24.1. The van der Waals surface area contributed by atoms with Gasteiger partial charge in [0.25, 0.3) is 5.91 Å². The number of morpholine rings is 1. The molecule has 4 amide bonds. The molecule has 0 aromatic heterocycles. The summed E-state index contributed by atoms with van der Waals surface area (Å²) in [4.78, 5) is 52.0. The third-order valence-electron chi connectivity index (χ3n) is 6.84. The summed E-state index contributed by atoms with van der Waals surface area (Å²) in [6.45, 7) is 1.72. The lowest BCUT2D eigenvalue weighted by Gasteiger charge is -2.29. The molecule has 3 aliphatic rings. The van der Waals surface area contributed by atoms with Gasteiger partial charge in [0.2, 0.25) is 17.7 Å². The normalized spacial score (nSPS) is 19.9. The van der Waals surface area contributed by atoms with Gasteiger partial charge in [0.1, 0.15) is 40.7 Å². The quantitative estimate of drug-likeness (QED) is 0.417. The van der Waals surface area contributed by atoms with Gasteiger partial charge in [-0.15, -0.1) is 0 Å². The molecule has 36 heavy (non-hydrogen) atoms. The van der Waals surface area contributed by atoms with Gasteiger partial charge in [0.05, 0.1) is 13.2 Å². The van der Waals surface area contributed by atoms with Crippen molar-refractivity contribution in [1.29, 1.82) is 0 Å². The third-order valence-corrected chi connectivity index (χ3v) is 6.84. The zero-order chi connectivity index (χ0) is 25.4. The van der Waals surface area contributed by atoms with Gasteiger partial charge in [0, 0.05) is 30.6 Å². The average Bonchev–Trinajstić information content (AvgIpc) is 3.19. The van der Waals surface area contributed by atoms with Gasteiger partial charge in [0.15, 0.2) is 0 Å². The number of ether oxygens (including phenoxy) is 2. The van der Waals surface area contributed by atoms with E-state index in [4.69, 9.17) is 25.2 Å². The summed E-state index contributed by atoms with van der Waals surface area (Å²) in [6.07, 6.45) is 0.481. The summed E-state index contributed by atoms with van der Waals surface area (Å²) in [7, 11) is 12.6. The first-order valence-corrected chi connectivity index (χ1v) is 11.7. The van der Waals surface area contributed by atoms with Crippen molar-refractivity contribution in [2.75, 3.05) is 19.8 Å². The Morgan fingerprint density at radius 3 is 2.61 bits per heavy atom. The van der Waals surface area contributed by atoms with E-state index in [1.54, 1.807) is 23.1 Å². The van der Waals surface area contributed by atoms with E-state index >= 15 is 0 Å². The predicted molar refractivity (Wildman–Crippen MR) is 130 cm³/mol. The first-order chi connectivity index (χ1) is 17.3. The fraction of sp³-hybridized carbons (Fsp3) is 0.360. The number of hydrogen-bond acceptors (Lipinski definition) is 6. The number of benzene rings is 2. The van der Waals surface area contributed by atoms with Crippen LogP contribution in [0.4, 0.5) is 0 Å². The minimum absolute atomic E-state index is 0.0617. The zero-order valence-corrected chi connectivity index (χ0v) is 19.6. The van der Waals surface area contributed by atoms with Crippen LogP contribution in [0, 0.1) is 0 Å². The Kier molecular flexibility index (Phi) is 6.57. The highest BCUT2D eigenvalue weighted by molar-refractivity contribution is 6.49. The second-order valence-electron chi connectivity index (χ2n) is 9.05. The standard InChI is InChI=1S/C25H23B2N3O6/c26-22-14(10-29-8-9-35-13-21(29)32)4-5-15(23(22)27)12-36-19-3-1-2-16-17(19)11-30(25(16)34)18-6-7-20(31)28-24(18)33/h1-5,18H,6-13H2,(H,28,31,33). The van der Waals surface area contributed by atoms with Crippen molar-refractivity contribution in [3.8, 4) is 5.75 Å². The van der Waals surface area contributed by atoms with Crippen LogP contribution in [0.5, 0.6) is 5.75 Å². The van der Waals surface area contributed by atoms with E-state index in [-0.39, 0.29) is 43.9 Å². The average molecular weight is 483 g/mol.